The minimum Gasteiger partial charge on any atom is -0.384 e. The summed E-state index contributed by atoms with van der Waals surface area (Å²) in [5, 5.41) is 13.9. The quantitative estimate of drug-likeness (QED) is 0.766. The lowest BCUT2D eigenvalue weighted by molar-refractivity contribution is -0.123. The summed E-state index contributed by atoms with van der Waals surface area (Å²) in [6, 6.07) is 0. The molecule has 0 aromatic carbocycles. The molecule has 13 heavy (non-hydrogen) atoms. The van der Waals surface area contributed by atoms with Crippen molar-refractivity contribution in [3.8, 4) is 0 Å². The van der Waals surface area contributed by atoms with E-state index in [4.69, 9.17) is 5.11 Å². The van der Waals surface area contributed by atoms with Gasteiger partial charge in [0.15, 0.2) is 5.13 Å². The number of thiazole rings is 1. The van der Waals surface area contributed by atoms with Gasteiger partial charge < -0.3 is 5.11 Å². The Morgan fingerprint density at radius 1 is 1.85 bits per heavy atom. The normalized spacial score (nSPS) is 12.5. The molecule has 1 atom stereocenters. The summed E-state index contributed by atoms with van der Waals surface area (Å²) in [6.45, 7) is 3.42. The van der Waals surface area contributed by atoms with Gasteiger partial charge in [0.1, 0.15) is 6.10 Å². The van der Waals surface area contributed by atoms with Crippen molar-refractivity contribution < 1.29 is 9.90 Å². The van der Waals surface area contributed by atoms with Gasteiger partial charge in [0.25, 0.3) is 5.91 Å². The van der Waals surface area contributed by atoms with Crippen molar-refractivity contribution in [1.82, 2.24) is 4.98 Å². The molecule has 0 radical (unpaired) electrons. The van der Waals surface area contributed by atoms with E-state index in [2.05, 4.69) is 10.3 Å². The molecular formula is C8H12N2O2S. The van der Waals surface area contributed by atoms with E-state index >= 15 is 0 Å². The first-order valence-corrected chi connectivity index (χ1v) is 4.94. The molecule has 2 N–H and O–H groups in total. The second kappa shape index (κ2) is 4.34. The maximum Gasteiger partial charge on any atom is 0.254 e. The van der Waals surface area contributed by atoms with E-state index < -0.39 is 12.0 Å². The van der Waals surface area contributed by atoms with Crippen LogP contribution in [-0.2, 0) is 11.2 Å². The van der Waals surface area contributed by atoms with E-state index in [0.717, 1.165) is 12.1 Å². The van der Waals surface area contributed by atoms with Gasteiger partial charge in [-0.15, -0.1) is 11.3 Å². The van der Waals surface area contributed by atoms with Gasteiger partial charge in [-0.25, -0.2) is 4.98 Å². The lowest BCUT2D eigenvalue weighted by Crippen LogP contribution is -2.24. The Labute approximate surface area is 80.6 Å². The first kappa shape index (κ1) is 10.1. The second-order valence-electron chi connectivity index (χ2n) is 2.66. The number of hydrogen-bond donors (Lipinski definition) is 2. The zero-order valence-electron chi connectivity index (χ0n) is 7.57. The summed E-state index contributed by atoms with van der Waals surface area (Å²) in [6.07, 6.45) is -0.143. The topological polar surface area (TPSA) is 62.2 Å². The molecule has 0 spiro atoms. The van der Waals surface area contributed by atoms with E-state index in [0.29, 0.717) is 5.13 Å². The Bertz CT molecular complexity index is 296. The fraction of sp³-hybridized carbons (Fsp3) is 0.500. The van der Waals surface area contributed by atoms with Crippen LogP contribution in [0, 0.1) is 0 Å². The van der Waals surface area contributed by atoms with Crippen LogP contribution in [0.3, 0.4) is 0 Å². The summed E-state index contributed by atoms with van der Waals surface area (Å²) < 4.78 is 0. The van der Waals surface area contributed by atoms with Crippen LogP contribution in [0.4, 0.5) is 5.13 Å². The number of carbonyl (C=O) groups excluding carboxylic acids is 1. The summed E-state index contributed by atoms with van der Waals surface area (Å²) in [4.78, 5) is 15.1. The number of aryl methyl sites for hydroxylation is 1. The zero-order chi connectivity index (χ0) is 9.84. The molecule has 1 aromatic heterocycles. The average Bonchev–Trinajstić information content (AvgIpc) is 2.52. The monoisotopic (exact) mass is 200 g/mol. The number of nitrogens with one attached hydrogen (secondary N) is 1. The van der Waals surface area contributed by atoms with Crippen LogP contribution in [-0.4, -0.2) is 22.1 Å². The molecular weight excluding hydrogens is 188 g/mol. The van der Waals surface area contributed by atoms with Crippen LogP contribution >= 0.6 is 11.3 Å². The number of rotatable bonds is 3. The Kier molecular flexibility index (Phi) is 3.39. The van der Waals surface area contributed by atoms with Gasteiger partial charge in [-0.3, -0.25) is 10.1 Å². The van der Waals surface area contributed by atoms with Crippen molar-refractivity contribution in [2.45, 2.75) is 26.4 Å². The molecule has 0 unspecified atom stereocenters. The standard InChI is InChI=1S/C8H12N2O2S/c1-3-6-4-13-8(9-6)10-7(12)5(2)11/h4-5,11H,3H2,1-2H3,(H,9,10,12)/t5-/m1/s1. The van der Waals surface area contributed by atoms with Gasteiger partial charge in [0, 0.05) is 5.38 Å². The molecule has 0 saturated heterocycles. The van der Waals surface area contributed by atoms with Crippen molar-refractivity contribution in [1.29, 1.82) is 0 Å². The number of amides is 1. The minimum atomic E-state index is -0.992. The fourth-order valence-electron chi connectivity index (χ4n) is 0.737. The third kappa shape index (κ3) is 2.78. The highest BCUT2D eigenvalue weighted by Gasteiger charge is 2.10. The van der Waals surface area contributed by atoms with Crippen molar-refractivity contribution in [3.05, 3.63) is 11.1 Å². The van der Waals surface area contributed by atoms with Gasteiger partial charge in [-0.1, -0.05) is 6.92 Å². The van der Waals surface area contributed by atoms with Gasteiger partial charge in [0.05, 0.1) is 5.69 Å². The highest BCUT2D eigenvalue weighted by Crippen LogP contribution is 2.15. The summed E-state index contributed by atoms with van der Waals surface area (Å²) in [7, 11) is 0. The van der Waals surface area contributed by atoms with Crippen LogP contribution in [0.1, 0.15) is 19.5 Å². The summed E-state index contributed by atoms with van der Waals surface area (Å²) in [5.41, 5.74) is 0.950. The lowest BCUT2D eigenvalue weighted by Gasteiger charge is -2.02. The molecule has 4 nitrogen and oxygen atoms in total. The SMILES string of the molecule is CCc1csc(NC(=O)[C@@H](C)O)n1. The average molecular weight is 200 g/mol. The maximum atomic E-state index is 11.0. The molecule has 0 bridgehead atoms. The number of carbonyl (C=O) groups is 1. The molecule has 1 amide bonds. The Hall–Kier alpha value is -0.940. The van der Waals surface area contributed by atoms with E-state index in [1.54, 1.807) is 0 Å². The lowest BCUT2D eigenvalue weighted by atomic mass is 10.4. The molecule has 5 heteroatoms. The predicted octanol–water partition coefficient (Wildman–Crippen LogP) is 1.02. The molecule has 1 rings (SSSR count). The van der Waals surface area contributed by atoms with Crippen molar-refractivity contribution >= 4 is 22.4 Å². The number of hydrogen-bond acceptors (Lipinski definition) is 4. The number of nitrogens with zero attached hydrogens (tertiary/aromatic N) is 1. The fourth-order valence-corrected chi connectivity index (χ4v) is 1.53. The molecule has 0 fully saturated rings. The molecule has 0 saturated carbocycles. The number of anilines is 1. The van der Waals surface area contributed by atoms with Gasteiger partial charge in [-0.05, 0) is 13.3 Å². The van der Waals surface area contributed by atoms with Crippen LogP contribution in [0.5, 0.6) is 0 Å². The zero-order valence-corrected chi connectivity index (χ0v) is 8.39. The van der Waals surface area contributed by atoms with Crippen LogP contribution in [0.25, 0.3) is 0 Å². The predicted molar refractivity (Wildman–Crippen MR) is 51.8 cm³/mol. The van der Waals surface area contributed by atoms with Crippen LogP contribution in [0.15, 0.2) is 5.38 Å². The van der Waals surface area contributed by atoms with E-state index in [1.807, 2.05) is 12.3 Å². The van der Waals surface area contributed by atoms with Crippen molar-refractivity contribution in [2.75, 3.05) is 5.32 Å². The van der Waals surface area contributed by atoms with Crippen molar-refractivity contribution in [3.63, 3.8) is 0 Å². The highest BCUT2D eigenvalue weighted by atomic mass is 32.1. The molecule has 0 aliphatic heterocycles. The molecule has 72 valence electrons. The largest absolute Gasteiger partial charge is 0.384 e. The first-order chi connectivity index (χ1) is 6.13. The number of aromatic nitrogens is 1. The molecule has 1 heterocycles. The third-order valence-electron chi connectivity index (χ3n) is 1.52. The van der Waals surface area contributed by atoms with Crippen LogP contribution in [0.2, 0.25) is 0 Å². The third-order valence-corrected chi connectivity index (χ3v) is 2.33. The molecule has 0 aliphatic rings. The molecule has 0 aliphatic carbocycles. The van der Waals surface area contributed by atoms with E-state index in [-0.39, 0.29) is 0 Å². The summed E-state index contributed by atoms with van der Waals surface area (Å²) in [5.74, 6) is -0.419. The minimum absolute atomic E-state index is 0.419. The van der Waals surface area contributed by atoms with Gasteiger partial charge in [0.2, 0.25) is 0 Å². The second-order valence-corrected chi connectivity index (χ2v) is 3.52. The van der Waals surface area contributed by atoms with E-state index in [1.165, 1.54) is 18.3 Å². The number of aliphatic hydroxyl groups excluding tert-OH is 1. The highest BCUT2D eigenvalue weighted by molar-refractivity contribution is 7.13. The van der Waals surface area contributed by atoms with Crippen molar-refractivity contribution in [2.24, 2.45) is 0 Å². The molecule has 1 aromatic rings. The Morgan fingerprint density at radius 3 is 3.00 bits per heavy atom. The Morgan fingerprint density at radius 2 is 2.54 bits per heavy atom. The summed E-state index contributed by atoms with van der Waals surface area (Å²) >= 11 is 1.37. The van der Waals surface area contributed by atoms with E-state index in [9.17, 15) is 4.79 Å². The van der Waals surface area contributed by atoms with Gasteiger partial charge in [-0.2, -0.15) is 0 Å². The first-order valence-electron chi connectivity index (χ1n) is 4.06. The Balaban J connectivity index is 2.59. The maximum absolute atomic E-state index is 11.0. The van der Waals surface area contributed by atoms with Gasteiger partial charge >= 0.3 is 0 Å². The number of aliphatic hydroxyl groups is 1. The van der Waals surface area contributed by atoms with Crippen LogP contribution < -0.4 is 5.32 Å². The smallest absolute Gasteiger partial charge is 0.254 e.